The van der Waals surface area contributed by atoms with Gasteiger partial charge in [0.2, 0.25) is 0 Å². The maximum atomic E-state index is 12.1. The Bertz CT molecular complexity index is 1380. The third-order valence-corrected chi connectivity index (χ3v) is 9.45. The maximum absolute atomic E-state index is 12.1. The molecule has 0 bridgehead atoms. The third-order valence-electron chi connectivity index (χ3n) is 9.45. The first-order chi connectivity index (χ1) is 25.8. The Morgan fingerprint density at radius 1 is 0.528 bits per heavy atom. The monoisotopic (exact) mass is 736 g/mol. The van der Waals surface area contributed by atoms with Gasteiger partial charge in [0, 0.05) is 0 Å². The van der Waals surface area contributed by atoms with Crippen LogP contribution in [-0.4, -0.2) is 61.8 Å². The van der Waals surface area contributed by atoms with Crippen LogP contribution in [0.4, 0.5) is 0 Å². The Hall–Kier alpha value is -3.62. The summed E-state index contributed by atoms with van der Waals surface area (Å²) in [6.45, 7) is 13.3. The average molecular weight is 737 g/mol. The number of aliphatic hydroxyl groups excluding tert-OH is 2. The van der Waals surface area contributed by atoms with Crippen LogP contribution < -0.4 is 9.47 Å². The van der Waals surface area contributed by atoms with Gasteiger partial charge in [-0.05, 0) is 90.6 Å². The van der Waals surface area contributed by atoms with Crippen molar-refractivity contribution in [3.63, 3.8) is 0 Å². The molecule has 53 heavy (non-hydrogen) atoms. The van der Waals surface area contributed by atoms with Crippen molar-refractivity contribution in [2.24, 2.45) is 0 Å². The van der Waals surface area contributed by atoms with Crippen LogP contribution in [0.15, 0.2) is 54.6 Å². The van der Waals surface area contributed by atoms with E-state index in [0.717, 1.165) is 55.4 Å². The minimum absolute atomic E-state index is 0.00912. The SMILES string of the molecule is C=C(CO)C(=O)OCCOc1ccc(CCCCCCC)c(-c2cc(OCCOC(=O)C(=C)CO)cc(CCCCCCC)c2CCCCCCC)c1. The predicted octanol–water partition coefficient (Wildman–Crippen LogP) is 9.83. The van der Waals surface area contributed by atoms with Gasteiger partial charge in [0.25, 0.3) is 0 Å². The first-order valence-electron chi connectivity index (χ1n) is 20.3. The Morgan fingerprint density at radius 3 is 1.49 bits per heavy atom. The van der Waals surface area contributed by atoms with E-state index in [1.54, 1.807) is 0 Å². The van der Waals surface area contributed by atoms with Crippen molar-refractivity contribution in [3.05, 3.63) is 71.3 Å². The second kappa shape index (κ2) is 27.9. The molecule has 0 saturated carbocycles. The molecule has 2 aromatic rings. The highest BCUT2D eigenvalue weighted by atomic mass is 16.6. The molecular formula is C45H68O8. The lowest BCUT2D eigenvalue weighted by Crippen LogP contribution is -2.15. The molecule has 0 atom stereocenters. The minimum Gasteiger partial charge on any atom is -0.490 e. The average Bonchev–Trinajstić information content (AvgIpc) is 3.17. The minimum atomic E-state index is -0.633. The zero-order valence-electron chi connectivity index (χ0n) is 33.1. The van der Waals surface area contributed by atoms with Gasteiger partial charge in [-0.15, -0.1) is 0 Å². The standard InChI is InChI=1S/C45H68O8/c1-6-9-12-15-18-21-37-24-25-39(50-26-28-52-44(48)35(4)33-46)31-42(37)43-32-40(51-27-29-53-45(49)36(5)34-47)30-38(22-19-16-13-10-7-2)41(43)23-20-17-14-11-8-3/h24-25,30-32,46-47H,4-23,26-29,33-34H2,1-3H3. The highest BCUT2D eigenvalue weighted by Crippen LogP contribution is 2.38. The van der Waals surface area contributed by atoms with Crippen LogP contribution in [-0.2, 0) is 38.3 Å². The van der Waals surface area contributed by atoms with Crippen molar-refractivity contribution in [1.29, 1.82) is 0 Å². The summed E-state index contributed by atoms with van der Waals surface area (Å²) in [7, 11) is 0. The molecule has 0 aliphatic carbocycles. The molecule has 0 spiro atoms. The van der Waals surface area contributed by atoms with Gasteiger partial charge in [-0.2, -0.15) is 0 Å². The number of aliphatic hydroxyl groups is 2. The van der Waals surface area contributed by atoms with Crippen molar-refractivity contribution >= 4 is 11.9 Å². The molecule has 0 radical (unpaired) electrons. The summed E-state index contributed by atoms with van der Waals surface area (Å²) in [6, 6.07) is 10.6. The Balaban J connectivity index is 2.56. The first-order valence-corrected chi connectivity index (χ1v) is 20.3. The van der Waals surface area contributed by atoms with Gasteiger partial charge in [-0.25, -0.2) is 9.59 Å². The molecule has 0 heterocycles. The summed E-state index contributed by atoms with van der Waals surface area (Å²) >= 11 is 0. The molecule has 296 valence electrons. The summed E-state index contributed by atoms with van der Waals surface area (Å²) < 4.78 is 22.9. The van der Waals surface area contributed by atoms with Crippen LogP contribution in [0.2, 0.25) is 0 Å². The second-order valence-electron chi connectivity index (χ2n) is 13.9. The largest absolute Gasteiger partial charge is 0.490 e. The van der Waals surface area contributed by atoms with Gasteiger partial charge in [0.1, 0.15) is 37.9 Å². The molecule has 0 aliphatic heterocycles. The van der Waals surface area contributed by atoms with Crippen molar-refractivity contribution in [2.75, 3.05) is 39.6 Å². The fourth-order valence-corrected chi connectivity index (χ4v) is 6.32. The van der Waals surface area contributed by atoms with Crippen molar-refractivity contribution < 1.29 is 38.7 Å². The molecule has 0 aromatic heterocycles. The maximum Gasteiger partial charge on any atom is 0.335 e. The summed E-state index contributed by atoms with van der Waals surface area (Å²) in [5.41, 5.74) is 6.20. The number of unbranched alkanes of at least 4 members (excludes halogenated alkanes) is 12. The summed E-state index contributed by atoms with van der Waals surface area (Å²) in [5, 5.41) is 18.4. The molecule has 2 rings (SSSR count). The topological polar surface area (TPSA) is 112 Å². The van der Waals surface area contributed by atoms with Crippen molar-refractivity contribution in [3.8, 4) is 22.6 Å². The number of hydrogen-bond donors (Lipinski definition) is 2. The van der Waals surface area contributed by atoms with Gasteiger partial charge in [0.15, 0.2) is 0 Å². The second-order valence-corrected chi connectivity index (χ2v) is 13.9. The lowest BCUT2D eigenvalue weighted by Gasteiger charge is -2.21. The van der Waals surface area contributed by atoms with Crippen LogP contribution in [0.25, 0.3) is 11.1 Å². The van der Waals surface area contributed by atoms with E-state index in [1.807, 2.05) is 6.07 Å². The fraction of sp³-hybridized carbons (Fsp3) is 0.600. The molecule has 8 nitrogen and oxygen atoms in total. The first kappa shape index (κ1) is 45.5. The van der Waals surface area contributed by atoms with Gasteiger partial charge in [0.05, 0.1) is 24.4 Å². The number of rotatable bonds is 31. The van der Waals surface area contributed by atoms with Crippen LogP contribution in [0.5, 0.6) is 11.5 Å². The highest BCUT2D eigenvalue weighted by molar-refractivity contribution is 5.88. The quantitative estimate of drug-likeness (QED) is 0.0447. The molecule has 0 saturated heterocycles. The summed E-state index contributed by atoms with van der Waals surface area (Å²) in [4.78, 5) is 24.1. The van der Waals surface area contributed by atoms with Gasteiger partial charge >= 0.3 is 11.9 Å². The molecule has 0 amide bonds. The third kappa shape index (κ3) is 17.8. The van der Waals surface area contributed by atoms with E-state index < -0.39 is 25.2 Å². The van der Waals surface area contributed by atoms with E-state index in [-0.39, 0.29) is 37.6 Å². The number of carbonyl (C=O) groups is 2. The predicted molar refractivity (Wildman–Crippen MR) is 215 cm³/mol. The van der Waals surface area contributed by atoms with Gasteiger partial charge < -0.3 is 29.2 Å². The number of carbonyl (C=O) groups excluding carboxylic acids is 2. The van der Waals surface area contributed by atoms with Gasteiger partial charge in [-0.1, -0.05) is 117 Å². The number of aryl methyl sites for hydroxylation is 2. The van der Waals surface area contributed by atoms with Crippen LogP contribution in [0.1, 0.15) is 134 Å². The number of ether oxygens (including phenoxy) is 4. The van der Waals surface area contributed by atoms with E-state index in [2.05, 4.69) is 58.2 Å². The Morgan fingerprint density at radius 2 is 0.981 bits per heavy atom. The number of esters is 2. The lowest BCUT2D eigenvalue weighted by molar-refractivity contribution is -0.141. The zero-order chi connectivity index (χ0) is 38.7. The lowest BCUT2D eigenvalue weighted by atomic mass is 9.86. The van der Waals surface area contributed by atoms with Crippen molar-refractivity contribution in [2.45, 2.75) is 136 Å². The highest BCUT2D eigenvalue weighted by Gasteiger charge is 2.18. The molecule has 0 fully saturated rings. The Labute approximate surface area is 320 Å². The summed E-state index contributed by atoms with van der Waals surface area (Å²) in [5.74, 6) is 0.151. The smallest absolute Gasteiger partial charge is 0.335 e. The molecule has 2 N–H and O–H groups in total. The van der Waals surface area contributed by atoms with E-state index >= 15 is 0 Å². The Kier molecular flexibility index (Phi) is 24.0. The van der Waals surface area contributed by atoms with E-state index in [1.165, 1.54) is 93.7 Å². The number of benzene rings is 2. The van der Waals surface area contributed by atoms with E-state index in [0.29, 0.717) is 5.75 Å². The molecule has 0 unspecified atom stereocenters. The molecule has 8 heteroatoms. The molecular weight excluding hydrogens is 668 g/mol. The van der Waals surface area contributed by atoms with Crippen LogP contribution >= 0.6 is 0 Å². The van der Waals surface area contributed by atoms with E-state index in [4.69, 9.17) is 18.9 Å². The van der Waals surface area contributed by atoms with E-state index in [9.17, 15) is 19.8 Å². The van der Waals surface area contributed by atoms with Crippen LogP contribution in [0.3, 0.4) is 0 Å². The number of hydrogen-bond acceptors (Lipinski definition) is 8. The zero-order valence-corrected chi connectivity index (χ0v) is 33.1. The molecule has 2 aromatic carbocycles. The normalized spacial score (nSPS) is 11.0. The van der Waals surface area contributed by atoms with Crippen molar-refractivity contribution in [1.82, 2.24) is 0 Å². The van der Waals surface area contributed by atoms with Crippen LogP contribution in [0, 0.1) is 0 Å². The fourth-order valence-electron chi connectivity index (χ4n) is 6.32. The molecule has 0 aliphatic rings. The van der Waals surface area contributed by atoms with Gasteiger partial charge in [-0.3, -0.25) is 0 Å². The summed E-state index contributed by atoms with van der Waals surface area (Å²) in [6.07, 6.45) is 20.7.